The Kier molecular flexibility index (Phi) is 3.20. The molecule has 84 valence electrons. The number of piperidine rings is 1. The first-order valence-electron chi connectivity index (χ1n) is 5.56. The van der Waals surface area contributed by atoms with Crippen LogP contribution in [0.25, 0.3) is 0 Å². The fraction of sp³-hybridized carbons (Fsp3) is 0.800. The molecule has 2 amide bonds. The Morgan fingerprint density at radius 2 is 2.27 bits per heavy atom. The number of rotatable bonds is 2. The van der Waals surface area contributed by atoms with Crippen LogP contribution in [0.2, 0.25) is 0 Å². The zero-order valence-electron chi connectivity index (χ0n) is 8.71. The maximum Gasteiger partial charge on any atom is 0.237 e. The van der Waals surface area contributed by atoms with Crippen LogP contribution in [0.5, 0.6) is 0 Å². The number of hydrogen-bond donors (Lipinski definition) is 3. The maximum atomic E-state index is 11.7. The highest BCUT2D eigenvalue weighted by atomic mass is 16.2. The van der Waals surface area contributed by atoms with E-state index in [2.05, 4.69) is 16.0 Å². The lowest BCUT2D eigenvalue weighted by molar-refractivity contribution is -0.126. The van der Waals surface area contributed by atoms with Crippen LogP contribution < -0.4 is 16.0 Å². The van der Waals surface area contributed by atoms with E-state index in [1.807, 2.05) is 0 Å². The summed E-state index contributed by atoms with van der Waals surface area (Å²) < 4.78 is 0. The average Bonchev–Trinajstić information content (AvgIpc) is 2.74. The minimum Gasteiger partial charge on any atom is -0.354 e. The van der Waals surface area contributed by atoms with Crippen molar-refractivity contribution < 1.29 is 9.59 Å². The van der Waals surface area contributed by atoms with Gasteiger partial charge in [0.15, 0.2) is 0 Å². The van der Waals surface area contributed by atoms with Gasteiger partial charge in [-0.1, -0.05) is 0 Å². The molecule has 0 spiro atoms. The molecule has 0 aromatic heterocycles. The monoisotopic (exact) mass is 211 g/mol. The van der Waals surface area contributed by atoms with E-state index in [1.165, 1.54) is 0 Å². The molecule has 15 heavy (non-hydrogen) atoms. The van der Waals surface area contributed by atoms with E-state index in [1.54, 1.807) is 0 Å². The molecule has 2 aliphatic rings. The molecule has 0 aromatic rings. The molecule has 5 nitrogen and oxygen atoms in total. The average molecular weight is 211 g/mol. The summed E-state index contributed by atoms with van der Waals surface area (Å²) in [6, 6.07) is 0.0835. The summed E-state index contributed by atoms with van der Waals surface area (Å²) in [5.74, 6) is 0.160. The molecule has 3 N–H and O–H groups in total. The van der Waals surface area contributed by atoms with Crippen LogP contribution in [0.4, 0.5) is 0 Å². The quantitative estimate of drug-likeness (QED) is 0.556. The van der Waals surface area contributed by atoms with Gasteiger partial charge in [-0.05, 0) is 25.8 Å². The Hall–Kier alpha value is -1.10. The first-order chi connectivity index (χ1) is 7.25. The predicted octanol–water partition coefficient (Wildman–Crippen LogP) is -0.867. The van der Waals surface area contributed by atoms with Crippen LogP contribution in [-0.4, -0.2) is 37.0 Å². The second-order valence-electron chi connectivity index (χ2n) is 4.20. The summed E-state index contributed by atoms with van der Waals surface area (Å²) in [5, 5.41) is 8.87. The fourth-order valence-electron chi connectivity index (χ4n) is 2.07. The summed E-state index contributed by atoms with van der Waals surface area (Å²) in [6.45, 7) is 1.50. The Morgan fingerprint density at radius 3 is 2.87 bits per heavy atom. The Balaban J connectivity index is 1.76. The Labute approximate surface area is 89.0 Å². The number of carbonyl (C=O) groups is 2. The summed E-state index contributed by atoms with van der Waals surface area (Å²) in [6.07, 6.45) is 3.26. The standard InChI is InChI=1S/C10H17N3O2/c14-9-4-3-7(6-12-9)13-10(15)8-2-1-5-11-8/h7-8,11H,1-6H2,(H,12,14)(H,13,15)/t7?,8-/m1/s1. The van der Waals surface area contributed by atoms with Crippen molar-refractivity contribution in [3.63, 3.8) is 0 Å². The van der Waals surface area contributed by atoms with Crippen LogP contribution in [0.3, 0.4) is 0 Å². The van der Waals surface area contributed by atoms with E-state index >= 15 is 0 Å². The molecule has 2 aliphatic heterocycles. The van der Waals surface area contributed by atoms with Crippen molar-refractivity contribution in [1.82, 2.24) is 16.0 Å². The maximum absolute atomic E-state index is 11.7. The third-order valence-corrected chi connectivity index (χ3v) is 2.99. The van der Waals surface area contributed by atoms with Crippen LogP contribution in [-0.2, 0) is 9.59 Å². The van der Waals surface area contributed by atoms with E-state index in [0.29, 0.717) is 13.0 Å². The van der Waals surface area contributed by atoms with Crippen molar-refractivity contribution >= 4 is 11.8 Å². The first-order valence-corrected chi connectivity index (χ1v) is 5.56. The summed E-state index contributed by atoms with van der Waals surface area (Å²) >= 11 is 0. The minimum atomic E-state index is -0.0253. The van der Waals surface area contributed by atoms with Gasteiger partial charge in [-0.25, -0.2) is 0 Å². The van der Waals surface area contributed by atoms with E-state index < -0.39 is 0 Å². The van der Waals surface area contributed by atoms with Gasteiger partial charge in [0.05, 0.1) is 6.04 Å². The number of nitrogens with one attached hydrogen (secondary N) is 3. The normalized spacial score (nSPS) is 31.1. The van der Waals surface area contributed by atoms with Gasteiger partial charge in [-0.2, -0.15) is 0 Å². The molecule has 1 unspecified atom stereocenters. The molecule has 0 aromatic carbocycles. The largest absolute Gasteiger partial charge is 0.354 e. The SMILES string of the molecule is O=C1CCC(NC(=O)[C@H]2CCCN2)CN1. The molecular weight excluding hydrogens is 194 g/mol. The number of hydrogen-bond acceptors (Lipinski definition) is 3. The smallest absolute Gasteiger partial charge is 0.237 e. The number of amides is 2. The molecule has 2 atom stereocenters. The van der Waals surface area contributed by atoms with Crippen molar-refractivity contribution in [1.29, 1.82) is 0 Å². The van der Waals surface area contributed by atoms with Gasteiger partial charge in [0.25, 0.3) is 0 Å². The van der Waals surface area contributed by atoms with Crippen LogP contribution in [0.1, 0.15) is 25.7 Å². The lowest BCUT2D eigenvalue weighted by Crippen LogP contribution is -2.51. The Morgan fingerprint density at radius 1 is 1.40 bits per heavy atom. The minimum absolute atomic E-state index is 0.0253. The highest BCUT2D eigenvalue weighted by molar-refractivity contribution is 5.83. The topological polar surface area (TPSA) is 70.2 Å². The predicted molar refractivity (Wildman–Crippen MR) is 55.2 cm³/mol. The van der Waals surface area contributed by atoms with Gasteiger partial charge in [0, 0.05) is 19.0 Å². The van der Waals surface area contributed by atoms with Gasteiger partial charge in [0.2, 0.25) is 11.8 Å². The lowest BCUT2D eigenvalue weighted by Gasteiger charge is -2.24. The molecule has 2 rings (SSSR count). The molecule has 2 saturated heterocycles. The van der Waals surface area contributed by atoms with Crippen molar-refractivity contribution in [2.45, 2.75) is 37.8 Å². The van der Waals surface area contributed by atoms with E-state index in [0.717, 1.165) is 25.8 Å². The Bertz CT molecular complexity index is 251. The summed E-state index contributed by atoms with van der Waals surface area (Å²) in [5.41, 5.74) is 0. The molecular formula is C10H17N3O2. The third kappa shape index (κ3) is 2.68. The zero-order chi connectivity index (χ0) is 10.7. The summed E-state index contributed by atoms with van der Waals surface area (Å²) in [7, 11) is 0. The highest BCUT2D eigenvalue weighted by Crippen LogP contribution is 2.07. The van der Waals surface area contributed by atoms with Gasteiger partial charge in [-0.15, -0.1) is 0 Å². The third-order valence-electron chi connectivity index (χ3n) is 2.99. The first kappa shape index (κ1) is 10.4. The molecule has 0 bridgehead atoms. The second kappa shape index (κ2) is 4.61. The van der Waals surface area contributed by atoms with Crippen molar-refractivity contribution in [2.75, 3.05) is 13.1 Å². The molecule has 0 aliphatic carbocycles. The molecule has 2 heterocycles. The molecule has 0 radical (unpaired) electrons. The van der Waals surface area contributed by atoms with Crippen LogP contribution in [0.15, 0.2) is 0 Å². The molecule has 2 fully saturated rings. The van der Waals surface area contributed by atoms with E-state index in [4.69, 9.17) is 0 Å². The van der Waals surface area contributed by atoms with E-state index in [9.17, 15) is 9.59 Å². The zero-order valence-corrected chi connectivity index (χ0v) is 8.71. The van der Waals surface area contributed by atoms with E-state index in [-0.39, 0.29) is 23.9 Å². The lowest BCUT2D eigenvalue weighted by atomic mass is 10.1. The van der Waals surface area contributed by atoms with Crippen LogP contribution >= 0.6 is 0 Å². The summed E-state index contributed by atoms with van der Waals surface area (Å²) in [4.78, 5) is 22.6. The van der Waals surface area contributed by atoms with Crippen molar-refractivity contribution in [3.8, 4) is 0 Å². The van der Waals surface area contributed by atoms with Gasteiger partial charge in [0.1, 0.15) is 0 Å². The van der Waals surface area contributed by atoms with Gasteiger partial charge in [-0.3, -0.25) is 9.59 Å². The molecule has 0 saturated carbocycles. The highest BCUT2D eigenvalue weighted by Gasteiger charge is 2.25. The van der Waals surface area contributed by atoms with Gasteiger partial charge >= 0.3 is 0 Å². The number of carbonyl (C=O) groups excluding carboxylic acids is 2. The van der Waals surface area contributed by atoms with Crippen LogP contribution in [0, 0.1) is 0 Å². The second-order valence-corrected chi connectivity index (χ2v) is 4.20. The molecule has 5 heteroatoms. The van der Waals surface area contributed by atoms with Gasteiger partial charge < -0.3 is 16.0 Å². The van der Waals surface area contributed by atoms with Crippen molar-refractivity contribution in [3.05, 3.63) is 0 Å². The van der Waals surface area contributed by atoms with Crippen molar-refractivity contribution in [2.24, 2.45) is 0 Å². The fourth-order valence-corrected chi connectivity index (χ4v) is 2.07.